The second-order valence-electron chi connectivity index (χ2n) is 5.33. The van der Waals surface area contributed by atoms with Gasteiger partial charge in [-0.3, -0.25) is 0 Å². The van der Waals surface area contributed by atoms with Gasteiger partial charge in [0.25, 0.3) is 0 Å². The van der Waals surface area contributed by atoms with Crippen molar-refractivity contribution in [1.82, 2.24) is 24.3 Å². The second kappa shape index (κ2) is 6.18. The molecule has 1 atom stereocenters. The van der Waals surface area contributed by atoms with E-state index in [1.807, 2.05) is 0 Å². The lowest BCUT2D eigenvalue weighted by atomic mass is 10.1. The van der Waals surface area contributed by atoms with E-state index >= 15 is 0 Å². The molecule has 0 bridgehead atoms. The molecule has 25 heavy (non-hydrogen) atoms. The number of carboxylic acid groups (broad SMARTS) is 1. The van der Waals surface area contributed by atoms with Crippen LogP contribution in [0.4, 0.5) is 18.0 Å². The molecule has 2 aromatic rings. The van der Waals surface area contributed by atoms with Crippen LogP contribution in [0.15, 0.2) is 17.1 Å². The molecule has 0 saturated carbocycles. The van der Waals surface area contributed by atoms with Gasteiger partial charge in [-0.15, -0.1) is 0 Å². The number of fused-ring (bicyclic) bond motifs is 1. The Morgan fingerprint density at radius 3 is 2.88 bits per heavy atom. The average Bonchev–Trinajstić information content (AvgIpc) is 2.83. The molecule has 3 rings (SSSR count). The number of alkyl halides is 3. The van der Waals surface area contributed by atoms with Crippen molar-refractivity contribution in [3.8, 4) is 0 Å². The molecular weight excluding hydrogens is 347 g/mol. The molecule has 3 heterocycles. The Bertz CT molecular complexity index is 860. The molecule has 1 aliphatic heterocycles. The van der Waals surface area contributed by atoms with Gasteiger partial charge in [0.2, 0.25) is 5.82 Å². The maximum atomic E-state index is 12.7. The van der Waals surface area contributed by atoms with E-state index in [1.54, 1.807) is 0 Å². The number of hydrogen-bond acceptors (Lipinski definition) is 6. The highest BCUT2D eigenvalue weighted by Gasteiger charge is 2.35. The smallest absolute Gasteiger partial charge is 0.450 e. The van der Waals surface area contributed by atoms with E-state index in [9.17, 15) is 22.8 Å². The van der Waals surface area contributed by atoms with Crippen molar-refractivity contribution in [1.29, 1.82) is 0 Å². The molecule has 0 aliphatic carbocycles. The maximum absolute atomic E-state index is 12.7. The fraction of sp³-hybridized carbons (Fsp3) is 0.462. The van der Waals surface area contributed by atoms with Crippen molar-refractivity contribution in [2.75, 3.05) is 0 Å². The maximum Gasteiger partial charge on any atom is 0.507 e. The summed E-state index contributed by atoms with van der Waals surface area (Å²) >= 11 is 0. The molecule has 0 aromatic carbocycles. The number of rotatable bonds is 3. The lowest BCUT2D eigenvalue weighted by Gasteiger charge is -2.21. The van der Waals surface area contributed by atoms with Crippen LogP contribution in [0.3, 0.4) is 0 Å². The fourth-order valence-electron chi connectivity index (χ4n) is 2.59. The van der Waals surface area contributed by atoms with Gasteiger partial charge in [-0.25, -0.2) is 28.8 Å². The van der Waals surface area contributed by atoms with Gasteiger partial charge < -0.3 is 9.84 Å². The first-order valence-corrected chi connectivity index (χ1v) is 7.22. The zero-order valence-corrected chi connectivity index (χ0v) is 12.6. The first-order valence-electron chi connectivity index (χ1n) is 7.22. The molecule has 2 aromatic heterocycles. The highest BCUT2D eigenvalue weighted by Crippen LogP contribution is 2.26. The summed E-state index contributed by atoms with van der Waals surface area (Å²) in [5.41, 5.74) is -0.719. The number of hydrogen-bond donors (Lipinski definition) is 1. The third-order valence-electron chi connectivity index (χ3n) is 3.60. The summed E-state index contributed by atoms with van der Waals surface area (Å²) in [6, 6.07) is 1.24. The number of halogens is 3. The minimum Gasteiger partial charge on any atom is -0.450 e. The Labute approximate surface area is 137 Å². The zero-order chi connectivity index (χ0) is 18.2. The molecule has 0 radical (unpaired) electrons. The average molecular weight is 359 g/mol. The third kappa shape index (κ3) is 3.46. The molecule has 0 saturated heterocycles. The van der Waals surface area contributed by atoms with E-state index < -0.39 is 30.1 Å². The Morgan fingerprint density at radius 2 is 2.20 bits per heavy atom. The van der Waals surface area contributed by atoms with Gasteiger partial charge in [-0.05, 0) is 12.5 Å². The van der Waals surface area contributed by atoms with Crippen molar-refractivity contribution in [3.63, 3.8) is 0 Å². The normalized spacial score (nSPS) is 17.2. The molecule has 12 heteroatoms. The number of aryl methyl sites for hydroxylation is 1. The molecule has 9 nitrogen and oxygen atoms in total. The van der Waals surface area contributed by atoms with Crippen LogP contribution in [0, 0.1) is 0 Å². The summed E-state index contributed by atoms with van der Waals surface area (Å²) in [5, 5.41) is 12.8. The van der Waals surface area contributed by atoms with Gasteiger partial charge in [0, 0.05) is 19.0 Å². The molecule has 134 valence electrons. The predicted octanol–water partition coefficient (Wildman–Crippen LogP) is 1.43. The van der Waals surface area contributed by atoms with Gasteiger partial charge in [-0.2, -0.15) is 18.3 Å². The van der Waals surface area contributed by atoms with Crippen molar-refractivity contribution < 1.29 is 27.8 Å². The van der Waals surface area contributed by atoms with E-state index in [0.29, 0.717) is 25.1 Å². The van der Waals surface area contributed by atoms with Crippen LogP contribution in [0.5, 0.6) is 0 Å². The van der Waals surface area contributed by atoms with E-state index in [2.05, 4.69) is 19.8 Å². The second-order valence-corrected chi connectivity index (χ2v) is 5.33. The SMILES string of the molecule is O=C(O)OC1CCCc2nn(Cc3ccnc(C(F)(F)F)n3)c(=O)n21. The Hall–Kier alpha value is -2.92. The van der Waals surface area contributed by atoms with Gasteiger partial charge in [0.15, 0.2) is 6.23 Å². The largest absolute Gasteiger partial charge is 0.507 e. The minimum absolute atomic E-state index is 0.0458. The molecule has 1 N–H and O–H groups in total. The lowest BCUT2D eigenvalue weighted by Crippen LogP contribution is -2.33. The zero-order valence-electron chi connectivity index (χ0n) is 12.6. The van der Waals surface area contributed by atoms with E-state index in [-0.39, 0.29) is 12.2 Å². The Kier molecular flexibility index (Phi) is 4.18. The van der Waals surface area contributed by atoms with Gasteiger partial charge in [-0.1, -0.05) is 0 Å². The van der Waals surface area contributed by atoms with Crippen LogP contribution in [0.1, 0.15) is 36.4 Å². The Balaban J connectivity index is 1.92. The summed E-state index contributed by atoms with van der Waals surface area (Å²) in [7, 11) is 0. The number of ether oxygens (including phenoxy) is 1. The van der Waals surface area contributed by atoms with Crippen LogP contribution >= 0.6 is 0 Å². The fourth-order valence-corrected chi connectivity index (χ4v) is 2.59. The van der Waals surface area contributed by atoms with Gasteiger partial charge in [0.05, 0.1) is 12.2 Å². The Morgan fingerprint density at radius 1 is 1.44 bits per heavy atom. The predicted molar refractivity (Wildman–Crippen MR) is 73.7 cm³/mol. The van der Waals surface area contributed by atoms with Gasteiger partial charge in [0.1, 0.15) is 5.82 Å². The summed E-state index contributed by atoms with van der Waals surface area (Å²) in [6.07, 6.45) is -4.96. The summed E-state index contributed by atoms with van der Waals surface area (Å²) in [6.45, 7) is -0.301. The topological polar surface area (TPSA) is 112 Å². The number of nitrogens with zero attached hydrogens (tertiary/aromatic N) is 5. The monoisotopic (exact) mass is 359 g/mol. The van der Waals surface area contributed by atoms with Crippen LogP contribution in [-0.4, -0.2) is 35.6 Å². The van der Waals surface area contributed by atoms with E-state index in [1.165, 1.54) is 6.07 Å². The quantitative estimate of drug-likeness (QED) is 0.825. The highest BCUT2D eigenvalue weighted by molar-refractivity contribution is 5.56. The molecule has 0 spiro atoms. The van der Waals surface area contributed by atoms with Crippen LogP contribution in [-0.2, 0) is 23.9 Å². The van der Waals surface area contributed by atoms with E-state index in [0.717, 1.165) is 15.4 Å². The molecule has 1 aliphatic rings. The molecule has 0 amide bonds. The first-order chi connectivity index (χ1) is 11.8. The standard InChI is InChI=1S/C13H12F3N5O4/c14-13(15,16)10-17-5-4-7(18-10)6-20-11(22)21-8(19-20)2-1-3-9(21)25-12(23)24/h4-5,9H,1-3,6H2,(H,23,24). The number of aromatic nitrogens is 5. The van der Waals surface area contributed by atoms with Crippen molar-refractivity contribution in [3.05, 3.63) is 40.1 Å². The third-order valence-corrected chi connectivity index (χ3v) is 3.60. The highest BCUT2D eigenvalue weighted by atomic mass is 19.4. The van der Waals surface area contributed by atoms with Crippen molar-refractivity contribution >= 4 is 6.16 Å². The molecular formula is C13H12F3N5O4. The first kappa shape index (κ1) is 16.9. The van der Waals surface area contributed by atoms with Crippen molar-refractivity contribution in [2.24, 2.45) is 0 Å². The van der Waals surface area contributed by atoms with Gasteiger partial charge >= 0.3 is 18.0 Å². The molecule has 0 fully saturated rings. The lowest BCUT2D eigenvalue weighted by molar-refractivity contribution is -0.145. The van der Waals surface area contributed by atoms with Crippen LogP contribution < -0.4 is 5.69 Å². The van der Waals surface area contributed by atoms with Crippen LogP contribution in [0.25, 0.3) is 0 Å². The van der Waals surface area contributed by atoms with Crippen LogP contribution in [0.2, 0.25) is 0 Å². The minimum atomic E-state index is -4.70. The summed E-state index contributed by atoms with van der Waals surface area (Å²) in [4.78, 5) is 29.7. The molecule has 1 unspecified atom stereocenters. The number of carbonyl (C=O) groups is 1. The van der Waals surface area contributed by atoms with Crippen molar-refractivity contribution in [2.45, 2.75) is 38.2 Å². The summed E-state index contributed by atoms with van der Waals surface area (Å²) < 4.78 is 44.7. The van der Waals surface area contributed by atoms with E-state index in [4.69, 9.17) is 5.11 Å². The summed E-state index contributed by atoms with van der Waals surface area (Å²) in [5.74, 6) is -0.998.